The fourth-order valence-corrected chi connectivity index (χ4v) is 2.99. The Hall–Kier alpha value is -3.74. The van der Waals surface area contributed by atoms with E-state index in [2.05, 4.69) is 5.32 Å². The normalized spacial score (nSPS) is 10.4. The van der Waals surface area contributed by atoms with E-state index in [1.165, 1.54) is 6.07 Å². The summed E-state index contributed by atoms with van der Waals surface area (Å²) in [6.07, 6.45) is 1.69. The van der Waals surface area contributed by atoms with Crippen molar-refractivity contribution in [3.63, 3.8) is 0 Å². The number of nitrogens with one attached hydrogen (secondary N) is 1. The number of nitrogens with zero attached hydrogens (tertiary/aromatic N) is 1. The minimum Gasteiger partial charge on any atom is -0.497 e. The Morgan fingerprint density at radius 1 is 0.968 bits per heavy atom. The number of amides is 1. The van der Waals surface area contributed by atoms with Crippen LogP contribution >= 0.6 is 0 Å². The lowest BCUT2D eigenvalue weighted by Crippen LogP contribution is -2.30. The van der Waals surface area contributed by atoms with Crippen molar-refractivity contribution >= 4 is 5.91 Å². The van der Waals surface area contributed by atoms with Crippen LogP contribution in [-0.4, -0.2) is 30.8 Å². The zero-order valence-corrected chi connectivity index (χ0v) is 17.7. The molecule has 0 unspecified atom stereocenters. The van der Waals surface area contributed by atoms with Crippen molar-refractivity contribution in [1.29, 1.82) is 0 Å². The summed E-state index contributed by atoms with van der Waals surface area (Å²) in [5, 5.41) is 2.78. The summed E-state index contributed by atoms with van der Waals surface area (Å²) in [5.74, 6) is 1.37. The quantitative estimate of drug-likeness (QED) is 0.544. The van der Waals surface area contributed by atoms with Crippen molar-refractivity contribution < 1.29 is 19.0 Å². The van der Waals surface area contributed by atoms with Crippen LogP contribution in [0.25, 0.3) is 0 Å². The molecule has 162 valence electrons. The van der Waals surface area contributed by atoms with E-state index in [1.807, 2.05) is 59.2 Å². The summed E-state index contributed by atoms with van der Waals surface area (Å²) in [6, 6.07) is 18.3. The number of carbonyl (C=O) groups is 1. The number of rotatable bonds is 10. The molecule has 3 rings (SSSR count). The van der Waals surface area contributed by atoms with Gasteiger partial charge in [-0.1, -0.05) is 30.3 Å². The number of pyridine rings is 1. The van der Waals surface area contributed by atoms with Crippen molar-refractivity contribution in [1.82, 2.24) is 9.88 Å². The van der Waals surface area contributed by atoms with Crippen molar-refractivity contribution in [2.24, 2.45) is 0 Å². The average molecular weight is 422 g/mol. The molecule has 0 aliphatic heterocycles. The van der Waals surface area contributed by atoms with Gasteiger partial charge in [-0.2, -0.15) is 0 Å². The first-order valence-electron chi connectivity index (χ1n) is 9.97. The van der Waals surface area contributed by atoms with Crippen LogP contribution in [-0.2, 0) is 17.9 Å². The fourth-order valence-electron chi connectivity index (χ4n) is 2.99. The zero-order chi connectivity index (χ0) is 22.1. The molecule has 0 bridgehead atoms. The molecule has 7 nitrogen and oxygen atoms in total. The highest BCUT2D eigenvalue weighted by atomic mass is 16.5. The van der Waals surface area contributed by atoms with Gasteiger partial charge in [0, 0.05) is 18.8 Å². The van der Waals surface area contributed by atoms with Gasteiger partial charge in [0.05, 0.1) is 19.3 Å². The summed E-state index contributed by atoms with van der Waals surface area (Å²) in [4.78, 5) is 24.3. The molecule has 1 N–H and O–H groups in total. The van der Waals surface area contributed by atoms with Crippen LogP contribution in [0.4, 0.5) is 0 Å². The van der Waals surface area contributed by atoms with Gasteiger partial charge in [-0.25, -0.2) is 0 Å². The first-order chi connectivity index (χ1) is 15.1. The van der Waals surface area contributed by atoms with Crippen molar-refractivity contribution in [3.8, 4) is 17.2 Å². The Morgan fingerprint density at radius 3 is 2.39 bits per heavy atom. The van der Waals surface area contributed by atoms with Gasteiger partial charge in [-0.15, -0.1) is 0 Å². The van der Waals surface area contributed by atoms with Gasteiger partial charge in [0.25, 0.3) is 5.91 Å². The number of aromatic nitrogens is 1. The van der Waals surface area contributed by atoms with Gasteiger partial charge in [0.1, 0.15) is 18.1 Å². The molecule has 0 saturated heterocycles. The van der Waals surface area contributed by atoms with Gasteiger partial charge in [-0.3, -0.25) is 9.59 Å². The highest BCUT2D eigenvalue weighted by Gasteiger charge is 2.11. The second kappa shape index (κ2) is 10.9. The molecule has 0 spiro atoms. The highest BCUT2D eigenvalue weighted by Crippen LogP contribution is 2.17. The highest BCUT2D eigenvalue weighted by molar-refractivity contribution is 5.77. The molecule has 3 aromatic rings. The molecule has 1 heterocycles. The maximum Gasteiger partial charge on any atom is 0.258 e. The second-order valence-corrected chi connectivity index (χ2v) is 6.86. The van der Waals surface area contributed by atoms with E-state index in [4.69, 9.17) is 14.2 Å². The number of ether oxygens (including phenoxy) is 3. The third-order valence-electron chi connectivity index (χ3n) is 4.73. The molecule has 0 atom stereocenters. The van der Waals surface area contributed by atoms with Crippen LogP contribution in [0, 0.1) is 6.92 Å². The Bertz CT molecular complexity index is 1050. The van der Waals surface area contributed by atoms with E-state index in [0.29, 0.717) is 25.4 Å². The van der Waals surface area contributed by atoms with E-state index < -0.39 is 0 Å². The minimum atomic E-state index is -0.291. The smallest absolute Gasteiger partial charge is 0.258 e. The molecule has 0 radical (unpaired) electrons. The maximum atomic E-state index is 12.2. The monoisotopic (exact) mass is 422 g/mol. The Balaban J connectivity index is 1.53. The number of methoxy groups -OCH3 is 1. The molecular formula is C24H26N2O5. The number of carbonyl (C=O) groups excluding carboxylic acids is 1. The molecule has 0 saturated carbocycles. The summed E-state index contributed by atoms with van der Waals surface area (Å²) in [6.45, 7) is 2.90. The molecule has 1 aromatic heterocycles. The summed E-state index contributed by atoms with van der Waals surface area (Å²) < 4.78 is 18.3. The van der Waals surface area contributed by atoms with Crippen molar-refractivity contribution in [2.45, 2.75) is 20.0 Å². The van der Waals surface area contributed by atoms with Crippen LogP contribution < -0.4 is 25.0 Å². The van der Waals surface area contributed by atoms with Crippen LogP contribution in [0.3, 0.4) is 0 Å². The Labute approximate surface area is 181 Å². The number of hydrogen-bond donors (Lipinski definition) is 1. The van der Waals surface area contributed by atoms with Crippen LogP contribution in [0.1, 0.15) is 11.3 Å². The predicted molar refractivity (Wildman–Crippen MR) is 118 cm³/mol. The molecule has 0 fully saturated rings. The first-order valence-corrected chi connectivity index (χ1v) is 9.97. The zero-order valence-electron chi connectivity index (χ0n) is 17.7. The number of hydrogen-bond acceptors (Lipinski definition) is 5. The Morgan fingerprint density at radius 2 is 1.68 bits per heavy atom. The van der Waals surface area contributed by atoms with Gasteiger partial charge in [-0.05, 0) is 36.8 Å². The summed E-state index contributed by atoms with van der Waals surface area (Å²) in [5.41, 5.74) is 1.37. The molecule has 0 aliphatic rings. The van der Waals surface area contributed by atoms with Crippen LogP contribution in [0.5, 0.6) is 17.2 Å². The lowest BCUT2D eigenvalue weighted by Gasteiger charge is -2.15. The van der Waals surface area contributed by atoms with E-state index in [9.17, 15) is 9.59 Å². The van der Waals surface area contributed by atoms with Crippen LogP contribution in [0.15, 0.2) is 71.7 Å². The topological polar surface area (TPSA) is 78.8 Å². The number of benzene rings is 2. The van der Waals surface area contributed by atoms with Gasteiger partial charge in [0.15, 0.2) is 12.4 Å². The van der Waals surface area contributed by atoms with E-state index in [1.54, 1.807) is 20.2 Å². The lowest BCUT2D eigenvalue weighted by molar-refractivity contribution is -0.123. The molecule has 0 aliphatic carbocycles. The molecule has 2 aromatic carbocycles. The molecule has 1 amide bonds. The maximum absolute atomic E-state index is 12.2. The largest absolute Gasteiger partial charge is 0.497 e. The summed E-state index contributed by atoms with van der Waals surface area (Å²) >= 11 is 0. The lowest BCUT2D eigenvalue weighted by atomic mass is 10.2. The predicted octanol–water partition coefficient (Wildman–Crippen LogP) is 2.94. The standard InChI is InChI=1S/C24H26N2O5/c1-18-24(31-17-23(28)25-16-19-6-4-3-5-7-19)22(27)12-13-26(18)14-15-30-21-10-8-20(29-2)9-11-21/h3-13H,14-17H2,1-2H3,(H,25,28). The van der Waals surface area contributed by atoms with Gasteiger partial charge < -0.3 is 24.1 Å². The van der Waals surface area contributed by atoms with E-state index >= 15 is 0 Å². The Kier molecular flexibility index (Phi) is 7.70. The van der Waals surface area contributed by atoms with Gasteiger partial charge in [0.2, 0.25) is 5.43 Å². The third kappa shape index (κ3) is 6.37. The fraction of sp³-hybridized carbons (Fsp3) is 0.250. The van der Waals surface area contributed by atoms with Crippen molar-refractivity contribution in [2.75, 3.05) is 20.3 Å². The summed E-state index contributed by atoms with van der Waals surface area (Å²) in [7, 11) is 1.61. The molecule has 31 heavy (non-hydrogen) atoms. The van der Waals surface area contributed by atoms with Crippen LogP contribution in [0.2, 0.25) is 0 Å². The minimum absolute atomic E-state index is 0.168. The first kappa shape index (κ1) is 22.0. The van der Waals surface area contributed by atoms with Gasteiger partial charge >= 0.3 is 0 Å². The average Bonchev–Trinajstić information content (AvgIpc) is 2.80. The van der Waals surface area contributed by atoms with Crippen molar-refractivity contribution in [3.05, 3.63) is 88.3 Å². The molecule has 7 heteroatoms. The third-order valence-corrected chi connectivity index (χ3v) is 4.73. The second-order valence-electron chi connectivity index (χ2n) is 6.86. The SMILES string of the molecule is COc1ccc(OCCn2ccc(=O)c(OCC(=O)NCc3ccccc3)c2C)cc1. The molecular weight excluding hydrogens is 396 g/mol. The van der Waals surface area contributed by atoms with E-state index in [0.717, 1.165) is 17.1 Å². The van der Waals surface area contributed by atoms with E-state index in [-0.39, 0.29) is 23.7 Å².